The molecule has 0 spiro atoms. The molecule has 2 heteroatoms. The molecule has 0 bridgehead atoms. The molecule has 0 saturated carbocycles. The molecule has 0 aliphatic heterocycles. The zero-order valence-electron chi connectivity index (χ0n) is 15.0. The van der Waals surface area contributed by atoms with E-state index in [9.17, 15) is 9.90 Å². The largest absolute Gasteiger partial charge is 0.386 e. The zero-order valence-corrected chi connectivity index (χ0v) is 15.0. The molecule has 0 fully saturated rings. The average Bonchev–Trinajstić information content (AvgIpc) is 2.42. The van der Waals surface area contributed by atoms with Crippen molar-refractivity contribution < 1.29 is 9.90 Å². The Labute approximate surface area is 135 Å². The first kappa shape index (κ1) is 17.5. The fraction of sp³-hybridized carbons (Fsp3) is 0.750. The van der Waals surface area contributed by atoms with Gasteiger partial charge >= 0.3 is 0 Å². The van der Waals surface area contributed by atoms with E-state index in [1.54, 1.807) is 6.08 Å². The van der Waals surface area contributed by atoms with Crippen LogP contribution in [0.3, 0.4) is 0 Å². The van der Waals surface area contributed by atoms with Crippen molar-refractivity contribution in [1.82, 2.24) is 0 Å². The highest BCUT2D eigenvalue weighted by molar-refractivity contribution is 5.99. The lowest BCUT2D eigenvalue weighted by atomic mass is 9.55. The summed E-state index contributed by atoms with van der Waals surface area (Å²) >= 11 is 0. The molecule has 0 aromatic heterocycles. The first-order chi connectivity index (χ1) is 10.0. The van der Waals surface area contributed by atoms with Crippen LogP contribution in [0.25, 0.3) is 0 Å². The number of Topliss-reactive ketones (excluding diaryl/α,β-unsaturated/α-hetero) is 1. The monoisotopic (exact) mass is 304 g/mol. The van der Waals surface area contributed by atoms with E-state index < -0.39 is 5.60 Å². The number of carbonyl (C=O) groups excluding carboxylic acids is 1. The highest BCUT2D eigenvalue weighted by Crippen LogP contribution is 2.55. The van der Waals surface area contributed by atoms with Gasteiger partial charge in [-0.25, -0.2) is 0 Å². The number of carbonyl (C=O) groups is 1. The second-order valence-corrected chi connectivity index (χ2v) is 8.60. The van der Waals surface area contributed by atoms with E-state index in [1.807, 2.05) is 6.92 Å². The summed E-state index contributed by atoms with van der Waals surface area (Å²) < 4.78 is 0. The maximum atomic E-state index is 12.7. The van der Waals surface area contributed by atoms with Crippen LogP contribution in [0.5, 0.6) is 0 Å². The third-order valence-corrected chi connectivity index (χ3v) is 6.34. The molecule has 0 aromatic rings. The Bertz CT molecular complexity index is 510. The summed E-state index contributed by atoms with van der Waals surface area (Å²) in [7, 11) is 0. The van der Waals surface area contributed by atoms with Gasteiger partial charge in [0.2, 0.25) is 0 Å². The van der Waals surface area contributed by atoms with Gasteiger partial charge in [0.1, 0.15) is 0 Å². The standard InChI is InChI=1S/C20H32O2/c1-7-19(5,22)11-12-20(6)14(2)13-16(21)17-15(20)9-8-10-18(17,3)4/h7,14,22H,1,8-13H2,2-6H3/t14-,19-,20-/m1/s1. The Morgan fingerprint density at radius 2 is 2.05 bits per heavy atom. The van der Waals surface area contributed by atoms with Gasteiger partial charge in [0.15, 0.2) is 5.78 Å². The van der Waals surface area contributed by atoms with Gasteiger partial charge in [-0.05, 0) is 55.8 Å². The van der Waals surface area contributed by atoms with Crippen LogP contribution in [0, 0.1) is 16.7 Å². The Balaban J connectivity index is 2.42. The van der Waals surface area contributed by atoms with Gasteiger partial charge < -0.3 is 5.11 Å². The topological polar surface area (TPSA) is 37.3 Å². The summed E-state index contributed by atoms with van der Waals surface area (Å²) in [5.74, 6) is 0.702. The maximum Gasteiger partial charge on any atom is 0.159 e. The van der Waals surface area contributed by atoms with Crippen molar-refractivity contribution in [2.24, 2.45) is 16.7 Å². The average molecular weight is 304 g/mol. The second kappa shape index (κ2) is 5.63. The summed E-state index contributed by atoms with van der Waals surface area (Å²) in [6, 6.07) is 0. The molecular formula is C20H32O2. The molecular weight excluding hydrogens is 272 g/mol. The predicted molar refractivity (Wildman–Crippen MR) is 91.6 cm³/mol. The SMILES string of the molecule is C=C[C@@](C)(O)CC[C@@]1(C)C2=C(C(=O)C[C@H]1C)C(C)(C)CCC2. The van der Waals surface area contributed by atoms with Gasteiger partial charge in [0.25, 0.3) is 0 Å². The number of aliphatic hydroxyl groups is 1. The normalized spacial score (nSPS) is 34.1. The first-order valence-electron chi connectivity index (χ1n) is 8.67. The summed E-state index contributed by atoms with van der Waals surface area (Å²) in [6.45, 7) is 14.5. The van der Waals surface area contributed by atoms with Gasteiger partial charge in [-0.2, -0.15) is 0 Å². The third-order valence-electron chi connectivity index (χ3n) is 6.34. The van der Waals surface area contributed by atoms with Crippen LogP contribution in [-0.4, -0.2) is 16.5 Å². The summed E-state index contributed by atoms with van der Waals surface area (Å²) in [6.07, 6.45) is 7.20. The van der Waals surface area contributed by atoms with Gasteiger partial charge in [0.05, 0.1) is 5.60 Å². The third kappa shape index (κ3) is 2.95. The van der Waals surface area contributed by atoms with Crippen LogP contribution >= 0.6 is 0 Å². The van der Waals surface area contributed by atoms with Crippen molar-refractivity contribution in [3.05, 3.63) is 23.8 Å². The maximum absolute atomic E-state index is 12.7. The van der Waals surface area contributed by atoms with Gasteiger partial charge in [-0.1, -0.05) is 39.3 Å². The van der Waals surface area contributed by atoms with E-state index in [4.69, 9.17) is 0 Å². The van der Waals surface area contributed by atoms with Crippen LogP contribution in [0.15, 0.2) is 23.8 Å². The Hall–Kier alpha value is -0.890. The lowest BCUT2D eigenvalue weighted by Gasteiger charge is -2.49. The van der Waals surface area contributed by atoms with Gasteiger partial charge in [0, 0.05) is 12.0 Å². The molecule has 2 rings (SSSR count). The Kier molecular flexibility index (Phi) is 4.47. The summed E-state index contributed by atoms with van der Waals surface area (Å²) in [5.41, 5.74) is 1.70. The van der Waals surface area contributed by atoms with E-state index in [-0.39, 0.29) is 10.8 Å². The van der Waals surface area contributed by atoms with Crippen LogP contribution in [0.2, 0.25) is 0 Å². The van der Waals surface area contributed by atoms with E-state index in [0.717, 1.165) is 24.8 Å². The van der Waals surface area contributed by atoms with Crippen molar-refractivity contribution >= 4 is 5.78 Å². The highest BCUT2D eigenvalue weighted by Gasteiger charge is 2.48. The quantitative estimate of drug-likeness (QED) is 0.756. The fourth-order valence-corrected chi connectivity index (χ4v) is 4.40. The van der Waals surface area contributed by atoms with Crippen LogP contribution in [-0.2, 0) is 4.79 Å². The molecule has 0 unspecified atom stereocenters. The fourth-order valence-electron chi connectivity index (χ4n) is 4.40. The number of ketones is 1. The lowest BCUT2D eigenvalue weighted by Crippen LogP contribution is -2.42. The van der Waals surface area contributed by atoms with Crippen LogP contribution in [0.1, 0.15) is 73.1 Å². The summed E-state index contributed by atoms with van der Waals surface area (Å²) in [5, 5.41) is 10.3. The minimum Gasteiger partial charge on any atom is -0.386 e. The van der Waals surface area contributed by atoms with E-state index in [1.165, 1.54) is 12.0 Å². The van der Waals surface area contributed by atoms with Crippen molar-refractivity contribution in [2.45, 2.75) is 78.7 Å². The minimum atomic E-state index is -0.824. The molecule has 1 N–H and O–H groups in total. The summed E-state index contributed by atoms with van der Waals surface area (Å²) in [4.78, 5) is 12.7. The first-order valence-corrected chi connectivity index (χ1v) is 8.67. The van der Waals surface area contributed by atoms with Crippen LogP contribution in [0.4, 0.5) is 0 Å². The molecule has 124 valence electrons. The van der Waals surface area contributed by atoms with Crippen molar-refractivity contribution in [3.8, 4) is 0 Å². The number of rotatable bonds is 4. The number of allylic oxidation sites excluding steroid dienone is 2. The van der Waals surface area contributed by atoms with Gasteiger partial charge in [-0.15, -0.1) is 6.58 Å². The Morgan fingerprint density at radius 1 is 1.41 bits per heavy atom. The Morgan fingerprint density at radius 3 is 2.64 bits per heavy atom. The van der Waals surface area contributed by atoms with E-state index >= 15 is 0 Å². The molecule has 2 aliphatic rings. The smallest absolute Gasteiger partial charge is 0.159 e. The van der Waals surface area contributed by atoms with Crippen molar-refractivity contribution in [1.29, 1.82) is 0 Å². The lowest BCUT2D eigenvalue weighted by molar-refractivity contribution is -0.119. The van der Waals surface area contributed by atoms with E-state index in [2.05, 4.69) is 34.3 Å². The van der Waals surface area contributed by atoms with Crippen LogP contribution < -0.4 is 0 Å². The highest BCUT2D eigenvalue weighted by atomic mass is 16.3. The molecule has 2 nitrogen and oxygen atoms in total. The molecule has 22 heavy (non-hydrogen) atoms. The molecule has 3 atom stereocenters. The second-order valence-electron chi connectivity index (χ2n) is 8.60. The molecule has 2 aliphatic carbocycles. The van der Waals surface area contributed by atoms with Gasteiger partial charge in [-0.3, -0.25) is 4.79 Å². The number of hydrogen-bond acceptors (Lipinski definition) is 2. The zero-order chi connectivity index (χ0) is 16.8. The molecule has 0 heterocycles. The molecule has 0 radical (unpaired) electrons. The molecule has 0 aromatic carbocycles. The molecule has 0 amide bonds. The van der Waals surface area contributed by atoms with Crippen molar-refractivity contribution in [2.75, 3.05) is 0 Å². The van der Waals surface area contributed by atoms with E-state index in [0.29, 0.717) is 24.5 Å². The van der Waals surface area contributed by atoms with Crippen molar-refractivity contribution in [3.63, 3.8) is 0 Å². The molecule has 0 saturated heterocycles. The minimum absolute atomic E-state index is 0.00697. The number of hydrogen-bond donors (Lipinski definition) is 1. The predicted octanol–water partition coefficient (Wildman–Crippen LogP) is 4.83.